The number of likely N-dealkylation sites (tertiary alicyclic amines) is 1. The van der Waals surface area contributed by atoms with Crippen LogP contribution in [-0.2, 0) is 27.3 Å². The molecular weight excluding hydrogens is 460 g/mol. The molecule has 2 aromatic carbocycles. The van der Waals surface area contributed by atoms with Gasteiger partial charge in [0.15, 0.2) is 0 Å². The molecule has 1 saturated heterocycles. The summed E-state index contributed by atoms with van der Waals surface area (Å²) in [5.41, 5.74) is 2.61. The molecule has 7 heteroatoms. The fourth-order valence-corrected chi connectivity index (χ4v) is 5.03. The molecule has 35 heavy (non-hydrogen) atoms. The number of hydrogen-bond acceptors (Lipinski definition) is 5. The molecule has 0 radical (unpaired) electrons. The maximum absolute atomic E-state index is 13.4. The minimum atomic E-state index is -0.260. The lowest BCUT2D eigenvalue weighted by Gasteiger charge is -2.31. The monoisotopic (exact) mass is 490 g/mol. The summed E-state index contributed by atoms with van der Waals surface area (Å²) in [7, 11) is 0. The van der Waals surface area contributed by atoms with E-state index in [4.69, 9.17) is 4.74 Å². The average Bonchev–Trinajstić information content (AvgIpc) is 3.43. The molecule has 1 atom stereocenters. The number of rotatable bonds is 8. The molecule has 0 unspecified atom stereocenters. The second kappa shape index (κ2) is 11.8. The molecule has 1 aliphatic heterocycles. The Morgan fingerprint density at radius 3 is 2.57 bits per heavy atom. The molecule has 182 valence electrons. The van der Waals surface area contributed by atoms with Crippen molar-refractivity contribution in [2.45, 2.75) is 32.7 Å². The SMILES string of the molecule is CCOC(=O)[C@@H]1CCCN(C(=O)Cc2cccc(N(Cc3ccccc3)C(=O)c3cccs3)c2)C1. The van der Waals surface area contributed by atoms with Crippen LogP contribution in [0.3, 0.4) is 0 Å². The van der Waals surface area contributed by atoms with Crippen molar-refractivity contribution in [3.05, 3.63) is 88.1 Å². The van der Waals surface area contributed by atoms with Crippen LogP contribution in [0.25, 0.3) is 0 Å². The van der Waals surface area contributed by atoms with Crippen molar-refractivity contribution in [3.63, 3.8) is 0 Å². The van der Waals surface area contributed by atoms with E-state index in [0.29, 0.717) is 31.1 Å². The number of amides is 2. The number of nitrogens with zero attached hydrogens (tertiary/aromatic N) is 2. The Bertz CT molecular complexity index is 1150. The van der Waals surface area contributed by atoms with E-state index in [1.807, 2.05) is 72.1 Å². The largest absolute Gasteiger partial charge is 0.466 e. The Hall–Kier alpha value is -3.45. The topological polar surface area (TPSA) is 66.9 Å². The predicted octanol–water partition coefficient (Wildman–Crippen LogP) is 4.94. The number of ether oxygens (including phenoxy) is 1. The molecular formula is C28H30N2O4S. The summed E-state index contributed by atoms with van der Waals surface area (Å²) in [5, 5.41) is 1.89. The number of thiophene rings is 1. The van der Waals surface area contributed by atoms with Crippen LogP contribution in [0, 0.1) is 5.92 Å². The fourth-order valence-electron chi connectivity index (χ4n) is 4.36. The second-order valence-corrected chi connectivity index (χ2v) is 9.58. The second-order valence-electron chi connectivity index (χ2n) is 8.63. The van der Waals surface area contributed by atoms with E-state index in [1.165, 1.54) is 11.3 Å². The van der Waals surface area contributed by atoms with Crippen LogP contribution in [0.15, 0.2) is 72.1 Å². The minimum absolute atomic E-state index is 0.0182. The zero-order chi connectivity index (χ0) is 24.6. The van der Waals surface area contributed by atoms with Crippen molar-refractivity contribution in [2.75, 3.05) is 24.6 Å². The van der Waals surface area contributed by atoms with Crippen molar-refractivity contribution < 1.29 is 19.1 Å². The molecule has 1 aromatic heterocycles. The quantitative estimate of drug-likeness (QED) is 0.420. The molecule has 2 heterocycles. The van der Waals surface area contributed by atoms with Gasteiger partial charge >= 0.3 is 5.97 Å². The first kappa shape index (κ1) is 24.7. The lowest BCUT2D eigenvalue weighted by atomic mass is 9.97. The van der Waals surface area contributed by atoms with Crippen molar-refractivity contribution in [1.82, 2.24) is 4.90 Å². The zero-order valence-corrected chi connectivity index (χ0v) is 20.7. The maximum atomic E-state index is 13.4. The van der Waals surface area contributed by atoms with Crippen molar-refractivity contribution in [1.29, 1.82) is 0 Å². The molecule has 6 nitrogen and oxygen atoms in total. The number of benzene rings is 2. The lowest BCUT2D eigenvalue weighted by Crippen LogP contribution is -2.43. The maximum Gasteiger partial charge on any atom is 0.310 e. The van der Waals surface area contributed by atoms with Gasteiger partial charge in [0, 0.05) is 18.8 Å². The van der Waals surface area contributed by atoms with Crippen LogP contribution in [-0.4, -0.2) is 42.4 Å². The number of carbonyl (C=O) groups is 3. The van der Waals surface area contributed by atoms with E-state index in [9.17, 15) is 14.4 Å². The van der Waals surface area contributed by atoms with Gasteiger partial charge < -0.3 is 14.5 Å². The molecule has 0 spiro atoms. The first-order chi connectivity index (χ1) is 17.0. The van der Waals surface area contributed by atoms with Gasteiger partial charge in [-0.15, -0.1) is 11.3 Å². The molecule has 4 rings (SSSR count). The van der Waals surface area contributed by atoms with Crippen LogP contribution < -0.4 is 4.90 Å². The van der Waals surface area contributed by atoms with Gasteiger partial charge in [-0.3, -0.25) is 14.4 Å². The van der Waals surface area contributed by atoms with Crippen molar-refractivity contribution >= 4 is 34.8 Å². The molecule has 1 fully saturated rings. The summed E-state index contributed by atoms with van der Waals surface area (Å²) in [5.74, 6) is -0.574. The molecule has 0 aliphatic carbocycles. The number of hydrogen-bond donors (Lipinski definition) is 0. The van der Waals surface area contributed by atoms with E-state index < -0.39 is 0 Å². The minimum Gasteiger partial charge on any atom is -0.466 e. The number of anilines is 1. The van der Waals surface area contributed by atoms with Crippen LogP contribution in [0.1, 0.15) is 40.6 Å². The van der Waals surface area contributed by atoms with Crippen LogP contribution >= 0.6 is 11.3 Å². The van der Waals surface area contributed by atoms with Gasteiger partial charge in [-0.1, -0.05) is 48.5 Å². The van der Waals surface area contributed by atoms with Gasteiger partial charge in [-0.25, -0.2) is 0 Å². The predicted molar refractivity (Wildman–Crippen MR) is 137 cm³/mol. The Morgan fingerprint density at radius 1 is 1.03 bits per heavy atom. The van der Waals surface area contributed by atoms with E-state index in [0.717, 1.165) is 29.7 Å². The highest BCUT2D eigenvalue weighted by molar-refractivity contribution is 7.12. The van der Waals surface area contributed by atoms with Gasteiger partial charge in [-0.05, 0) is 54.5 Å². The third-order valence-corrected chi connectivity index (χ3v) is 6.99. The summed E-state index contributed by atoms with van der Waals surface area (Å²) < 4.78 is 5.16. The average molecular weight is 491 g/mol. The number of carbonyl (C=O) groups excluding carboxylic acids is 3. The fraction of sp³-hybridized carbons (Fsp3) is 0.321. The Balaban J connectivity index is 1.51. The van der Waals surface area contributed by atoms with Gasteiger partial charge in [0.25, 0.3) is 5.91 Å². The van der Waals surface area contributed by atoms with Crippen LogP contribution in [0.5, 0.6) is 0 Å². The summed E-state index contributed by atoms with van der Waals surface area (Å²) >= 11 is 1.41. The van der Waals surface area contributed by atoms with Gasteiger partial charge in [-0.2, -0.15) is 0 Å². The van der Waals surface area contributed by atoms with Crippen LogP contribution in [0.4, 0.5) is 5.69 Å². The Labute approximate surface area is 210 Å². The smallest absolute Gasteiger partial charge is 0.310 e. The van der Waals surface area contributed by atoms with Gasteiger partial charge in [0.05, 0.1) is 30.4 Å². The lowest BCUT2D eigenvalue weighted by molar-refractivity contribution is -0.151. The summed E-state index contributed by atoms with van der Waals surface area (Å²) in [6, 6.07) is 21.2. The number of piperidine rings is 1. The molecule has 0 N–H and O–H groups in total. The molecule has 1 aliphatic rings. The zero-order valence-electron chi connectivity index (χ0n) is 19.9. The third-order valence-electron chi connectivity index (χ3n) is 6.13. The van der Waals surface area contributed by atoms with E-state index in [2.05, 4.69) is 0 Å². The van der Waals surface area contributed by atoms with Gasteiger partial charge in [0.2, 0.25) is 5.91 Å². The highest BCUT2D eigenvalue weighted by Gasteiger charge is 2.29. The highest BCUT2D eigenvalue weighted by Crippen LogP contribution is 2.25. The third kappa shape index (κ3) is 6.36. The van der Waals surface area contributed by atoms with Crippen LogP contribution in [0.2, 0.25) is 0 Å². The first-order valence-electron chi connectivity index (χ1n) is 12.0. The Kier molecular flexibility index (Phi) is 8.32. The summed E-state index contributed by atoms with van der Waals surface area (Å²) in [4.78, 5) is 42.8. The van der Waals surface area contributed by atoms with Crippen molar-refractivity contribution in [2.24, 2.45) is 5.92 Å². The highest BCUT2D eigenvalue weighted by atomic mass is 32.1. The van der Waals surface area contributed by atoms with E-state index in [-0.39, 0.29) is 30.1 Å². The van der Waals surface area contributed by atoms with Crippen molar-refractivity contribution in [3.8, 4) is 0 Å². The molecule has 3 aromatic rings. The molecule has 0 bridgehead atoms. The molecule has 2 amide bonds. The Morgan fingerprint density at radius 2 is 1.83 bits per heavy atom. The summed E-state index contributed by atoms with van der Waals surface area (Å²) in [6.45, 7) is 3.61. The number of esters is 1. The van der Waals surface area contributed by atoms with E-state index in [1.54, 1.807) is 16.7 Å². The van der Waals surface area contributed by atoms with E-state index >= 15 is 0 Å². The summed E-state index contributed by atoms with van der Waals surface area (Å²) in [6.07, 6.45) is 1.75. The van der Waals surface area contributed by atoms with Gasteiger partial charge in [0.1, 0.15) is 0 Å². The standard InChI is InChI=1S/C28H30N2O4S/c1-2-34-28(33)23-12-7-15-29(20-23)26(31)18-22-11-6-13-24(17-22)30(19-21-9-4-3-5-10-21)27(32)25-14-8-16-35-25/h3-6,8-11,13-14,16-17,23H,2,7,12,15,18-20H2,1H3/t23-/m1/s1. The molecule has 0 saturated carbocycles. The first-order valence-corrected chi connectivity index (χ1v) is 12.9. The normalized spacial score (nSPS) is 15.5.